The molecule has 0 spiro atoms. The van der Waals surface area contributed by atoms with Crippen molar-refractivity contribution >= 4 is 28.8 Å². The summed E-state index contributed by atoms with van der Waals surface area (Å²) < 4.78 is 4.18. The number of anilines is 1. The summed E-state index contributed by atoms with van der Waals surface area (Å²) in [5.41, 5.74) is 6.65. The van der Waals surface area contributed by atoms with Crippen molar-refractivity contribution in [1.82, 2.24) is 4.57 Å². The van der Waals surface area contributed by atoms with E-state index in [0.717, 1.165) is 40.8 Å². The molecular formula is C22H26N3O+. The average Bonchev–Trinajstić information content (AvgIpc) is 2.96. The van der Waals surface area contributed by atoms with Gasteiger partial charge in [-0.05, 0) is 50.5 Å². The summed E-state index contributed by atoms with van der Waals surface area (Å²) in [5.74, 6) is 0.0631. The highest BCUT2D eigenvalue weighted by Crippen LogP contribution is 2.22. The lowest BCUT2D eigenvalue weighted by Crippen LogP contribution is -2.32. The highest BCUT2D eigenvalue weighted by molar-refractivity contribution is 5.92. The minimum atomic E-state index is 0.0631. The molecule has 0 radical (unpaired) electrons. The molecule has 1 N–H and O–H groups in total. The number of rotatable bonds is 6. The van der Waals surface area contributed by atoms with E-state index in [1.54, 1.807) is 6.20 Å². The summed E-state index contributed by atoms with van der Waals surface area (Å²) in [5, 5.41) is 3.08. The molecule has 1 aromatic heterocycles. The van der Waals surface area contributed by atoms with E-state index in [2.05, 4.69) is 47.7 Å². The van der Waals surface area contributed by atoms with Gasteiger partial charge in [0.05, 0.1) is 12.7 Å². The first kappa shape index (κ1) is 17.9. The Morgan fingerprint density at radius 1 is 1.19 bits per heavy atom. The fraction of sp³-hybridized carbons (Fsp3) is 0.273. The maximum absolute atomic E-state index is 12.4. The third kappa shape index (κ3) is 3.69. The van der Waals surface area contributed by atoms with Crippen LogP contribution in [0.2, 0.25) is 0 Å². The standard InChI is InChI=1S/C22H25N3O/c1-5-24-15-25(20-10-7-6-9-19(20)24)12-8-11-21(26)23-22-17(3)13-16(2)14-18(22)4/h5-7,9-10,13-15H,1,8,11-12H2,2-4H3/p+1. The van der Waals surface area contributed by atoms with Crippen LogP contribution >= 0.6 is 0 Å². The molecule has 1 amide bonds. The fourth-order valence-corrected chi connectivity index (χ4v) is 3.51. The lowest BCUT2D eigenvalue weighted by Gasteiger charge is -2.12. The number of carbonyl (C=O) groups is 1. The van der Waals surface area contributed by atoms with Gasteiger partial charge in [0.1, 0.15) is 0 Å². The van der Waals surface area contributed by atoms with Gasteiger partial charge in [-0.25, -0.2) is 9.13 Å². The number of amides is 1. The zero-order valence-corrected chi connectivity index (χ0v) is 15.7. The lowest BCUT2D eigenvalue weighted by atomic mass is 10.0. The Bertz CT molecular complexity index is 946. The number of aromatic nitrogens is 2. The van der Waals surface area contributed by atoms with Crippen LogP contribution in [0, 0.1) is 20.8 Å². The third-order valence-corrected chi connectivity index (χ3v) is 4.67. The minimum absolute atomic E-state index is 0.0631. The van der Waals surface area contributed by atoms with Gasteiger partial charge in [-0.15, -0.1) is 0 Å². The van der Waals surface area contributed by atoms with E-state index in [1.165, 1.54) is 5.56 Å². The summed E-state index contributed by atoms with van der Waals surface area (Å²) in [6.45, 7) is 10.8. The average molecular weight is 348 g/mol. The van der Waals surface area contributed by atoms with Crippen LogP contribution in [-0.2, 0) is 11.3 Å². The van der Waals surface area contributed by atoms with Crippen molar-refractivity contribution in [2.75, 3.05) is 5.32 Å². The van der Waals surface area contributed by atoms with Crippen LogP contribution in [0.1, 0.15) is 29.5 Å². The quantitative estimate of drug-likeness (QED) is 0.660. The Morgan fingerprint density at radius 2 is 1.88 bits per heavy atom. The van der Waals surface area contributed by atoms with E-state index in [0.29, 0.717) is 6.42 Å². The van der Waals surface area contributed by atoms with Gasteiger partial charge in [0.25, 0.3) is 0 Å². The second-order valence-electron chi connectivity index (χ2n) is 6.81. The molecule has 26 heavy (non-hydrogen) atoms. The SMILES string of the molecule is C=Cn1c[n+](CCCC(=O)Nc2c(C)cc(C)cc2C)c2ccccc21. The fourth-order valence-electron chi connectivity index (χ4n) is 3.51. The molecule has 4 heteroatoms. The van der Waals surface area contributed by atoms with Crippen molar-refractivity contribution in [3.63, 3.8) is 0 Å². The first-order valence-corrected chi connectivity index (χ1v) is 8.99. The Morgan fingerprint density at radius 3 is 2.58 bits per heavy atom. The summed E-state index contributed by atoms with van der Waals surface area (Å²) in [6, 6.07) is 12.4. The number of carbonyl (C=O) groups excluding carboxylic acids is 1. The highest BCUT2D eigenvalue weighted by atomic mass is 16.1. The van der Waals surface area contributed by atoms with E-state index in [4.69, 9.17) is 0 Å². The molecule has 0 bridgehead atoms. The summed E-state index contributed by atoms with van der Waals surface area (Å²) in [4.78, 5) is 12.4. The Labute approximate surface area is 154 Å². The minimum Gasteiger partial charge on any atom is -0.326 e. The number of imidazole rings is 1. The van der Waals surface area contributed by atoms with Gasteiger partial charge in [-0.2, -0.15) is 0 Å². The molecule has 3 aromatic rings. The normalized spacial score (nSPS) is 10.9. The number of benzene rings is 2. The molecule has 2 aromatic carbocycles. The predicted molar refractivity (Wildman–Crippen MR) is 107 cm³/mol. The molecule has 0 saturated heterocycles. The van der Waals surface area contributed by atoms with Crippen molar-refractivity contribution < 1.29 is 9.36 Å². The maximum atomic E-state index is 12.4. The number of hydrogen-bond donors (Lipinski definition) is 1. The van der Waals surface area contributed by atoms with Crippen LogP contribution in [0.5, 0.6) is 0 Å². The Hall–Kier alpha value is -2.88. The van der Waals surface area contributed by atoms with Crippen molar-refractivity contribution in [3.8, 4) is 0 Å². The molecule has 134 valence electrons. The first-order chi connectivity index (χ1) is 12.5. The van der Waals surface area contributed by atoms with Crippen molar-refractivity contribution in [3.05, 3.63) is 66.0 Å². The van der Waals surface area contributed by atoms with Crippen LogP contribution in [-0.4, -0.2) is 10.5 Å². The molecule has 1 heterocycles. The highest BCUT2D eigenvalue weighted by Gasteiger charge is 2.14. The van der Waals surface area contributed by atoms with Gasteiger partial charge in [0.2, 0.25) is 12.2 Å². The second-order valence-corrected chi connectivity index (χ2v) is 6.81. The second kappa shape index (κ2) is 7.56. The molecule has 0 unspecified atom stereocenters. The molecular weight excluding hydrogens is 322 g/mol. The molecule has 0 fully saturated rings. The van der Waals surface area contributed by atoms with Gasteiger partial charge in [-0.3, -0.25) is 4.79 Å². The van der Waals surface area contributed by atoms with Gasteiger partial charge in [0.15, 0.2) is 11.0 Å². The van der Waals surface area contributed by atoms with Gasteiger partial charge in [-0.1, -0.05) is 36.4 Å². The van der Waals surface area contributed by atoms with E-state index in [9.17, 15) is 4.79 Å². The molecule has 0 aliphatic heterocycles. The molecule has 0 aliphatic rings. The third-order valence-electron chi connectivity index (χ3n) is 4.67. The van der Waals surface area contributed by atoms with E-state index in [-0.39, 0.29) is 5.91 Å². The largest absolute Gasteiger partial charge is 0.326 e. The predicted octanol–water partition coefficient (Wildman–Crippen LogP) is 4.37. The van der Waals surface area contributed by atoms with Gasteiger partial charge < -0.3 is 5.32 Å². The van der Waals surface area contributed by atoms with Crippen molar-refractivity contribution in [1.29, 1.82) is 0 Å². The summed E-state index contributed by atoms with van der Waals surface area (Å²) in [6.07, 6.45) is 5.11. The first-order valence-electron chi connectivity index (χ1n) is 8.99. The van der Waals surface area contributed by atoms with Crippen LogP contribution < -0.4 is 9.88 Å². The van der Waals surface area contributed by atoms with Crippen molar-refractivity contribution in [2.45, 2.75) is 40.2 Å². The van der Waals surface area contributed by atoms with E-state index < -0.39 is 0 Å². The number of para-hydroxylation sites is 2. The summed E-state index contributed by atoms with van der Waals surface area (Å²) in [7, 11) is 0. The van der Waals surface area contributed by atoms with E-state index in [1.807, 2.05) is 36.9 Å². The van der Waals surface area contributed by atoms with Gasteiger partial charge >= 0.3 is 0 Å². The monoisotopic (exact) mass is 348 g/mol. The number of fused-ring (bicyclic) bond motifs is 1. The number of nitrogens with zero attached hydrogens (tertiary/aromatic N) is 2. The topological polar surface area (TPSA) is 37.9 Å². The number of nitrogens with one attached hydrogen (secondary N) is 1. The lowest BCUT2D eigenvalue weighted by molar-refractivity contribution is -0.672. The van der Waals surface area contributed by atoms with Gasteiger partial charge in [0, 0.05) is 12.1 Å². The van der Waals surface area contributed by atoms with Crippen LogP contribution in [0.15, 0.2) is 49.3 Å². The van der Waals surface area contributed by atoms with E-state index >= 15 is 0 Å². The molecule has 4 nitrogen and oxygen atoms in total. The zero-order chi connectivity index (χ0) is 18.7. The van der Waals surface area contributed by atoms with Crippen LogP contribution in [0.4, 0.5) is 5.69 Å². The Balaban J connectivity index is 1.64. The molecule has 0 atom stereocenters. The number of hydrogen-bond acceptors (Lipinski definition) is 1. The van der Waals surface area contributed by atoms with Crippen molar-refractivity contribution in [2.24, 2.45) is 0 Å². The maximum Gasteiger partial charge on any atom is 0.249 e. The molecule has 3 rings (SSSR count). The zero-order valence-electron chi connectivity index (χ0n) is 15.7. The van der Waals surface area contributed by atoms with Crippen LogP contribution in [0.3, 0.4) is 0 Å². The number of aryl methyl sites for hydroxylation is 4. The Kier molecular flexibility index (Phi) is 5.21. The van der Waals surface area contributed by atoms with Crippen LogP contribution in [0.25, 0.3) is 17.2 Å². The smallest absolute Gasteiger partial charge is 0.249 e. The molecule has 0 aliphatic carbocycles. The summed E-state index contributed by atoms with van der Waals surface area (Å²) >= 11 is 0. The molecule has 0 saturated carbocycles.